The summed E-state index contributed by atoms with van der Waals surface area (Å²) in [7, 11) is 0. The summed E-state index contributed by atoms with van der Waals surface area (Å²) in [4.78, 5) is 21.4. The first-order chi connectivity index (χ1) is 11.5. The molecular weight excluding hydrogens is 339 g/mol. The van der Waals surface area contributed by atoms with Gasteiger partial charge in [-0.1, -0.05) is 29.8 Å². The number of anilines is 1. The number of hydrogen-bond donors (Lipinski definition) is 1. The SMILES string of the molecule is O=C(COc1ccc(/C=C\[N+](=O)[O-])cc1Cl)Nc1ccccc1F. The Hall–Kier alpha value is -2.93. The van der Waals surface area contributed by atoms with Crippen LogP contribution in [-0.2, 0) is 4.79 Å². The molecule has 0 aliphatic heterocycles. The predicted molar refractivity (Wildman–Crippen MR) is 88.0 cm³/mol. The third kappa shape index (κ3) is 5.06. The number of nitro groups is 1. The topological polar surface area (TPSA) is 81.5 Å². The van der Waals surface area contributed by atoms with Gasteiger partial charge in [0.25, 0.3) is 5.91 Å². The number of ether oxygens (including phenoxy) is 1. The lowest BCUT2D eigenvalue weighted by Gasteiger charge is -2.09. The Balaban J connectivity index is 1.95. The van der Waals surface area contributed by atoms with Crippen molar-refractivity contribution in [2.75, 3.05) is 11.9 Å². The smallest absolute Gasteiger partial charge is 0.262 e. The number of nitrogens with one attached hydrogen (secondary N) is 1. The van der Waals surface area contributed by atoms with Crippen molar-refractivity contribution in [1.82, 2.24) is 0 Å². The van der Waals surface area contributed by atoms with Crippen LogP contribution in [0.25, 0.3) is 6.08 Å². The van der Waals surface area contributed by atoms with Crippen LogP contribution in [0.2, 0.25) is 5.02 Å². The number of carbonyl (C=O) groups excluding carboxylic acids is 1. The van der Waals surface area contributed by atoms with Crippen LogP contribution < -0.4 is 10.1 Å². The second-order valence-electron chi connectivity index (χ2n) is 4.61. The monoisotopic (exact) mass is 350 g/mol. The van der Waals surface area contributed by atoms with E-state index < -0.39 is 16.6 Å². The summed E-state index contributed by atoms with van der Waals surface area (Å²) in [6.07, 6.45) is 2.06. The number of carbonyl (C=O) groups is 1. The van der Waals surface area contributed by atoms with Crippen LogP contribution in [0.3, 0.4) is 0 Å². The third-order valence-electron chi connectivity index (χ3n) is 2.85. The number of halogens is 2. The number of amides is 1. The predicted octanol–water partition coefficient (Wildman–Crippen LogP) is 3.74. The highest BCUT2D eigenvalue weighted by Gasteiger charge is 2.09. The molecule has 0 saturated heterocycles. The molecule has 0 bridgehead atoms. The lowest BCUT2D eigenvalue weighted by Crippen LogP contribution is -2.20. The average molecular weight is 351 g/mol. The van der Waals surface area contributed by atoms with Crippen LogP contribution in [-0.4, -0.2) is 17.4 Å². The highest BCUT2D eigenvalue weighted by Crippen LogP contribution is 2.26. The molecule has 0 spiro atoms. The molecule has 0 aromatic heterocycles. The van der Waals surface area contributed by atoms with Gasteiger partial charge in [0.05, 0.1) is 15.6 Å². The van der Waals surface area contributed by atoms with Crippen LogP contribution in [0, 0.1) is 15.9 Å². The lowest BCUT2D eigenvalue weighted by atomic mass is 10.2. The van der Waals surface area contributed by atoms with E-state index in [1.54, 1.807) is 12.1 Å². The van der Waals surface area contributed by atoms with Crippen LogP contribution in [0.4, 0.5) is 10.1 Å². The summed E-state index contributed by atoms with van der Waals surface area (Å²) in [6.45, 7) is -0.363. The van der Waals surface area contributed by atoms with E-state index in [4.69, 9.17) is 16.3 Å². The summed E-state index contributed by atoms with van der Waals surface area (Å²) >= 11 is 5.99. The van der Waals surface area contributed by atoms with Gasteiger partial charge in [-0.25, -0.2) is 4.39 Å². The van der Waals surface area contributed by atoms with Crippen molar-refractivity contribution in [1.29, 1.82) is 0 Å². The van der Waals surface area contributed by atoms with Crippen molar-refractivity contribution in [2.24, 2.45) is 0 Å². The van der Waals surface area contributed by atoms with Crippen LogP contribution in [0.15, 0.2) is 48.7 Å². The summed E-state index contributed by atoms with van der Waals surface area (Å²) < 4.78 is 18.7. The summed E-state index contributed by atoms with van der Waals surface area (Å²) in [5, 5.41) is 12.8. The van der Waals surface area contributed by atoms with Crippen LogP contribution >= 0.6 is 11.6 Å². The highest BCUT2D eigenvalue weighted by atomic mass is 35.5. The van der Waals surface area contributed by atoms with Gasteiger partial charge >= 0.3 is 0 Å². The van der Waals surface area contributed by atoms with Gasteiger partial charge in [0.15, 0.2) is 6.61 Å². The molecule has 2 aromatic rings. The van der Waals surface area contributed by atoms with Crippen LogP contribution in [0.5, 0.6) is 5.75 Å². The molecule has 0 aliphatic rings. The fourth-order valence-corrected chi connectivity index (χ4v) is 2.02. The first-order valence-corrected chi connectivity index (χ1v) is 7.12. The largest absolute Gasteiger partial charge is 0.482 e. The molecule has 1 amide bonds. The molecule has 0 atom stereocenters. The molecule has 0 saturated carbocycles. The first kappa shape index (κ1) is 17.4. The van der Waals surface area contributed by atoms with Gasteiger partial charge in [0.1, 0.15) is 11.6 Å². The van der Waals surface area contributed by atoms with Gasteiger partial charge in [0.2, 0.25) is 6.20 Å². The Kier molecular flexibility index (Phi) is 5.86. The molecule has 0 heterocycles. The van der Waals surface area contributed by atoms with Crippen molar-refractivity contribution < 1.29 is 18.8 Å². The van der Waals surface area contributed by atoms with Crippen molar-refractivity contribution >= 4 is 29.3 Å². The number of rotatable bonds is 6. The van der Waals surface area contributed by atoms with E-state index in [0.29, 0.717) is 5.56 Å². The highest BCUT2D eigenvalue weighted by molar-refractivity contribution is 6.32. The zero-order valence-corrected chi connectivity index (χ0v) is 13.0. The molecular formula is C16H12ClFN2O4. The van der Waals surface area contributed by atoms with Crippen molar-refractivity contribution in [3.05, 3.63) is 75.2 Å². The second kappa shape index (κ2) is 8.07. The van der Waals surface area contributed by atoms with E-state index in [2.05, 4.69) is 5.32 Å². The maximum Gasteiger partial charge on any atom is 0.262 e. The first-order valence-electron chi connectivity index (χ1n) is 6.74. The molecule has 6 nitrogen and oxygen atoms in total. The molecule has 24 heavy (non-hydrogen) atoms. The van der Waals surface area contributed by atoms with E-state index in [1.165, 1.54) is 36.4 Å². The van der Waals surface area contributed by atoms with Crippen molar-refractivity contribution in [3.63, 3.8) is 0 Å². The molecule has 0 fully saturated rings. The number of nitrogens with zero attached hydrogens (tertiary/aromatic N) is 1. The van der Waals surface area contributed by atoms with Gasteiger partial charge in [-0.15, -0.1) is 0 Å². The minimum atomic E-state index is -0.592. The van der Waals surface area contributed by atoms with Gasteiger partial charge in [-0.3, -0.25) is 14.9 Å². The number of hydrogen-bond acceptors (Lipinski definition) is 4. The van der Waals surface area contributed by atoms with Gasteiger partial charge < -0.3 is 10.1 Å². The fraction of sp³-hybridized carbons (Fsp3) is 0.0625. The Labute approximate surface area is 141 Å². The molecule has 1 N–H and O–H groups in total. The zero-order valence-electron chi connectivity index (χ0n) is 12.2. The van der Waals surface area contributed by atoms with E-state index in [1.807, 2.05) is 0 Å². The minimum Gasteiger partial charge on any atom is -0.482 e. The van der Waals surface area contributed by atoms with E-state index in [-0.39, 0.29) is 23.1 Å². The Bertz CT molecular complexity index is 795. The lowest BCUT2D eigenvalue weighted by molar-refractivity contribution is -0.400. The summed E-state index contributed by atoms with van der Waals surface area (Å²) in [5.41, 5.74) is 0.567. The van der Waals surface area contributed by atoms with Gasteiger partial charge in [0, 0.05) is 6.08 Å². The van der Waals surface area contributed by atoms with Crippen molar-refractivity contribution in [2.45, 2.75) is 0 Å². The standard InChI is InChI=1S/C16H12ClFN2O4/c17-12-9-11(7-8-20(22)23)5-6-15(12)24-10-16(21)19-14-4-2-1-3-13(14)18/h1-9H,10H2,(H,19,21)/b8-7-. The molecule has 124 valence electrons. The average Bonchev–Trinajstić information content (AvgIpc) is 2.54. The minimum absolute atomic E-state index is 0.0532. The fourth-order valence-electron chi connectivity index (χ4n) is 1.78. The summed E-state index contributed by atoms with van der Waals surface area (Å²) in [5.74, 6) is -0.863. The molecule has 0 unspecified atom stereocenters. The van der Waals surface area contributed by atoms with Crippen molar-refractivity contribution in [3.8, 4) is 5.75 Å². The number of benzene rings is 2. The zero-order chi connectivity index (χ0) is 17.5. The number of para-hydroxylation sites is 1. The van der Waals surface area contributed by atoms with E-state index >= 15 is 0 Å². The van der Waals surface area contributed by atoms with Crippen LogP contribution in [0.1, 0.15) is 5.56 Å². The van der Waals surface area contributed by atoms with E-state index in [9.17, 15) is 19.3 Å². The maximum absolute atomic E-state index is 13.4. The second-order valence-corrected chi connectivity index (χ2v) is 5.01. The Morgan fingerprint density at radius 2 is 2.08 bits per heavy atom. The molecule has 2 rings (SSSR count). The maximum atomic E-state index is 13.4. The molecule has 0 aliphatic carbocycles. The quantitative estimate of drug-likeness (QED) is 0.635. The normalized spacial score (nSPS) is 10.6. The Morgan fingerprint density at radius 3 is 2.75 bits per heavy atom. The Morgan fingerprint density at radius 1 is 1.33 bits per heavy atom. The third-order valence-corrected chi connectivity index (χ3v) is 3.15. The molecule has 8 heteroatoms. The summed E-state index contributed by atoms with van der Waals surface area (Å²) in [6, 6.07) is 10.3. The van der Waals surface area contributed by atoms with Gasteiger partial charge in [-0.2, -0.15) is 0 Å². The molecule has 2 aromatic carbocycles. The van der Waals surface area contributed by atoms with Gasteiger partial charge in [-0.05, 0) is 29.8 Å². The van der Waals surface area contributed by atoms with E-state index in [0.717, 1.165) is 6.20 Å². The molecule has 0 radical (unpaired) electrons.